The van der Waals surface area contributed by atoms with Crippen LogP contribution in [0.5, 0.6) is 0 Å². The van der Waals surface area contributed by atoms with Crippen molar-refractivity contribution in [1.29, 1.82) is 0 Å². The molecule has 0 unspecified atom stereocenters. The van der Waals surface area contributed by atoms with Crippen molar-refractivity contribution in [1.82, 2.24) is 5.32 Å². The molecule has 0 aromatic heterocycles. The van der Waals surface area contributed by atoms with Crippen LogP contribution in [0.4, 0.5) is 0 Å². The minimum Gasteiger partial charge on any atom is -0.311 e. The van der Waals surface area contributed by atoms with Crippen molar-refractivity contribution in [3.05, 3.63) is 0 Å². The number of hydrogen-bond donors (Lipinski definition) is 1. The third-order valence-electron chi connectivity index (χ3n) is 5.13. The lowest BCUT2D eigenvalue weighted by atomic mass is 9.97. The Balaban J connectivity index is 1.75. The Morgan fingerprint density at radius 2 is 0.952 bits per heavy atom. The summed E-state index contributed by atoms with van der Waals surface area (Å²) < 4.78 is 23.0. The molecule has 1 heterocycles. The molecule has 4 heteroatoms. The molecule has 2 rings (SSSR count). The molecule has 124 valence electrons. The van der Waals surface area contributed by atoms with Gasteiger partial charge < -0.3 is 5.32 Å². The number of hydrogen-bond acceptors (Lipinski definition) is 3. The first-order valence-electron chi connectivity index (χ1n) is 9.12. The first kappa shape index (κ1) is 17.3. The Kier molecular flexibility index (Phi) is 7.51. The molecule has 0 atom stereocenters. The summed E-state index contributed by atoms with van der Waals surface area (Å²) in [7, 11) is -2.73. The fraction of sp³-hybridized carbons (Fsp3) is 1.00. The van der Waals surface area contributed by atoms with Gasteiger partial charge in [-0.1, -0.05) is 57.8 Å². The molecule has 1 saturated carbocycles. The second kappa shape index (κ2) is 9.14. The topological polar surface area (TPSA) is 46.2 Å². The lowest BCUT2D eigenvalue weighted by Crippen LogP contribution is -2.43. The van der Waals surface area contributed by atoms with Crippen LogP contribution in [0.1, 0.15) is 83.5 Å². The molecule has 21 heavy (non-hydrogen) atoms. The second-order valence-corrected chi connectivity index (χ2v) is 9.35. The van der Waals surface area contributed by atoms with E-state index in [2.05, 4.69) is 5.32 Å². The van der Waals surface area contributed by atoms with Crippen molar-refractivity contribution in [2.75, 3.05) is 11.5 Å². The SMILES string of the molecule is O=S1(=O)CCC(NC2CCCCCCCCCCC2)CC1. The van der Waals surface area contributed by atoms with E-state index in [1.54, 1.807) is 0 Å². The second-order valence-electron chi connectivity index (χ2n) is 7.05. The van der Waals surface area contributed by atoms with Crippen LogP contribution in [0, 0.1) is 0 Å². The van der Waals surface area contributed by atoms with Crippen LogP contribution in [0.25, 0.3) is 0 Å². The van der Waals surface area contributed by atoms with Gasteiger partial charge in [-0.05, 0) is 25.7 Å². The zero-order chi connectivity index (χ0) is 15.0. The maximum absolute atomic E-state index is 11.5. The monoisotopic (exact) mass is 315 g/mol. The molecule has 0 aromatic rings. The summed E-state index contributed by atoms with van der Waals surface area (Å²) in [5.41, 5.74) is 0. The van der Waals surface area contributed by atoms with E-state index in [1.165, 1.54) is 70.6 Å². The molecular formula is C17H33NO2S. The maximum Gasteiger partial charge on any atom is 0.150 e. The van der Waals surface area contributed by atoms with Crippen molar-refractivity contribution < 1.29 is 8.42 Å². The zero-order valence-electron chi connectivity index (χ0n) is 13.5. The van der Waals surface area contributed by atoms with Gasteiger partial charge in [0.15, 0.2) is 0 Å². The summed E-state index contributed by atoms with van der Waals surface area (Å²) in [6.07, 6.45) is 16.7. The Labute approximate surface area is 131 Å². The van der Waals surface area contributed by atoms with Gasteiger partial charge in [0, 0.05) is 12.1 Å². The van der Waals surface area contributed by atoms with Gasteiger partial charge in [0.05, 0.1) is 11.5 Å². The van der Waals surface area contributed by atoms with Crippen LogP contribution >= 0.6 is 0 Å². The molecular weight excluding hydrogens is 282 g/mol. The summed E-state index contributed by atoms with van der Waals surface area (Å²) in [6, 6.07) is 1.06. The highest BCUT2D eigenvalue weighted by Crippen LogP contribution is 2.19. The van der Waals surface area contributed by atoms with Gasteiger partial charge in [-0.15, -0.1) is 0 Å². The van der Waals surface area contributed by atoms with Gasteiger partial charge >= 0.3 is 0 Å². The molecule has 1 aliphatic heterocycles. The fourth-order valence-electron chi connectivity index (χ4n) is 3.72. The van der Waals surface area contributed by atoms with Gasteiger partial charge in [0.1, 0.15) is 9.84 Å². The van der Waals surface area contributed by atoms with Gasteiger partial charge in [-0.2, -0.15) is 0 Å². The predicted molar refractivity (Wildman–Crippen MR) is 89.4 cm³/mol. The Hall–Kier alpha value is -0.0900. The van der Waals surface area contributed by atoms with Crippen LogP contribution in [0.3, 0.4) is 0 Å². The average Bonchev–Trinajstić information content (AvgIpc) is 2.44. The highest BCUT2D eigenvalue weighted by atomic mass is 32.2. The van der Waals surface area contributed by atoms with Crippen molar-refractivity contribution in [2.24, 2.45) is 0 Å². The third-order valence-corrected chi connectivity index (χ3v) is 6.85. The summed E-state index contributed by atoms with van der Waals surface area (Å²) >= 11 is 0. The molecule has 2 aliphatic rings. The number of nitrogens with one attached hydrogen (secondary N) is 1. The molecule has 0 amide bonds. The smallest absolute Gasteiger partial charge is 0.150 e. The Morgan fingerprint density at radius 3 is 1.43 bits per heavy atom. The number of sulfone groups is 1. The standard InChI is InChI=1S/C17H33NO2S/c19-21(20)14-12-17(13-15-21)18-16-10-8-6-4-2-1-3-5-7-9-11-16/h16-18H,1-15H2. The fourth-order valence-corrected chi connectivity index (χ4v) is 5.21. The van der Waals surface area contributed by atoms with E-state index in [-0.39, 0.29) is 0 Å². The molecule has 1 aliphatic carbocycles. The third kappa shape index (κ3) is 7.14. The number of rotatable bonds is 2. The molecule has 1 saturated heterocycles. The predicted octanol–water partition coefficient (Wildman–Crippen LogP) is 3.83. The van der Waals surface area contributed by atoms with Gasteiger partial charge in [0.25, 0.3) is 0 Å². The molecule has 2 fully saturated rings. The normalized spacial score (nSPS) is 27.6. The quantitative estimate of drug-likeness (QED) is 0.842. The highest BCUT2D eigenvalue weighted by Gasteiger charge is 2.25. The van der Waals surface area contributed by atoms with Gasteiger partial charge in [0.2, 0.25) is 0 Å². The summed E-state index contributed by atoms with van der Waals surface area (Å²) in [6.45, 7) is 0. The van der Waals surface area contributed by atoms with Crippen molar-refractivity contribution >= 4 is 9.84 Å². The average molecular weight is 316 g/mol. The van der Waals surface area contributed by atoms with Gasteiger partial charge in [-0.3, -0.25) is 0 Å². The molecule has 0 spiro atoms. The van der Waals surface area contributed by atoms with E-state index in [0.717, 1.165) is 12.8 Å². The van der Waals surface area contributed by atoms with E-state index in [9.17, 15) is 8.42 Å². The summed E-state index contributed by atoms with van der Waals surface area (Å²) in [5.74, 6) is 0.773. The zero-order valence-corrected chi connectivity index (χ0v) is 14.3. The first-order chi connectivity index (χ1) is 10.2. The van der Waals surface area contributed by atoms with E-state index in [1.807, 2.05) is 0 Å². The molecule has 3 nitrogen and oxygen atoms in total. The van der Waals surface area contributed by atoms with E-state index in [4.69, 9.17) is 0 Å². The van der Waals surface area contributed by atoms with E-state index in [0.29, 0.717) is 23.6 Å². The van der Waals surface area contributed by atoms with Crippen LogP contribution in [0.15, 0.2) is 0 Å². The molecule has 0 radical (unpaired) electrons. The maximum atomic E-state index is 11.5. The minimum atomic E-state index is -2.73. The van der Waals surface area contributed by atoms with Crippen LogP contribution < -0.4 is 5.32 Å². The van der Waals surface area contributed by atoms with E-state index >= 15 is 0 Å². The summed E-state index contributed by atoms with van der Waals surface area (Å²) in [4.78, 5) is 0. The molecule has 0 bridgehead atoms. The highest BCUT2D eigenvalue weighted by molar-refractivity contribution is 7.91. The van der Waals surface area contributed by atoms with Crippen molar-refractivity contribution in [3.8, 4) is 0 Å². The van der Waals surface area contributed by atoms with Gasteiger partial charge in [-0.25, -0.2) is 8.42 Å². The molecule has 1 N–H and O–H groups in total. The van der Waals surface area contributed by atoms with Crippen LogP contribution in [-0.2, 0) is 9.84 Å². The molecule has 0 aromatic carbocycles. The van der Waals surface area contributed by atoms with Crippen molar-refractivity contribution in [2.45, 2.75) is 95.6 Å². The Bertz CT molecular complexity index is 354. The largest absolute Gasteiger partial charge is 0.311 e. The summed E-state index contributed by atoms with van der Waals surface area (Å²) in [5, 5.41) is 3.78. The van der Waals surface area contributed by atoms with Crippen LogP contribution in [-0.4, -0.2) is 32.0 Å². The lowest BCUT2D eigenvalue weighted by Gasteiger charge is -2.29. The first-order valence-corrected chi connectivity index (χ1v) is 10.9. The Morgan fingerprint density at radius 1 is 0.571 bits per heavy atom. The lowest BCUT2D eigenvalue weighted by molar-refractivity contribution is 0.347. The van der Waals surface area contributed by atoms with E-state index < -0.39 is 9.84 Å². The van der Waals surface area contributed by atoms with Crippen LogP contribution in [0.2, 0.25) is 0 Å². The van der Waals surface area contributed by atoms with Crippen molar-refractivity contribution in [3.63, 3.8) is 0 Å². The minimum absolute atomic E-state index is 0.386.